The van der Waals surface area contributed by atoms with Crippen LogP contribution in [0.3, 0.4) is 0 Å². The summed E-state index contributed by atoms with van der Waals surface area (Å²) in [5, 5.41) is 3.52. The van der Waals surface area contributed by atoms with E-state index in [-0.39, 0.29) is 5.91 Å². The minimum atomic E-state index is 0.0209. The lowest BCUT2D eigenvalue weighted by molar-refractivity contribution is 0.0737. The van der Waals surface area contributed by atoms with Crippen LogP contribution in [0.2, 0.25) is 10.0 Å². The zero-order valence-corrected chi connectivity index (χ0v) is 15.1. The van der Waals surface area contributed by atoms with E-state index in [4.69, 9.17) is 23.2 Å². The van der Waals surface area contributed by atoms with Gasteiger partial charge < -0.3 is 4.90 Å². The number of thiazole rings is 1. The van der Waals surface area contributed by atoms with E-state index >= 15 is 0 Å². The number of rotatable bonds is 2. The zero-order chi connectivity index (χ0) is 16.2. The zero-order valence-electron chi connectivity index (χ0n) is 12.7. The van der Waals surface area contributed by atoms with E-state index in [1.807, 2.05) is 22.4 Å². The Morgan fingerprint density at radius 2 is 1.78 bits per heavy atom. The van der Waals surface area contributed by atoms with Gasteiger partial charge >= 0.3 is 0 Å². The molecule has 0 spiro atoms. The van der Waals surface area contributed by atoms with E-state index in [1.165, 1.54) is 30.6 Å². The van der Waals surface area contributed by atoms with E-state index in [0.29, 0.717) is 15.7 Å². The Morgan fingerprint density at radius 3 is 2.52 bits per heavy atom. The van der Waals surface area contributed by atoms with Crippen molar-refractivity contribution in [3.05, 3.63) is 39.3 Å². The van der Waals surface area contributed by atoms with Crippen molar-refractivity contribution < 1.29 is 4.79 Å². The van der Waals surface area contributed by atoms with Gasteiger partial charge in [-0.2, -0.15) is 0 Å². The fraction of sp³-hybridized carbons (Fsp3) is 0.412. The number of hydrogen-bond donors (Lipinski definition) is 0. The first-order valence-electron chi connectivity index (χ1n) is 7.86. The average Bonchev–Trinajstić information content (AvgIpc) is 2.99. The molecule has 122 valence electrons. The second-order valence-corrected chi connectivity index (χ2v) is 7.34. The maximum Gasteiger partial charge on any atom is 0.273 e. The minimum Gasteiger partial charge on any atom is -0.337 e. The van der Waals surface area contributed by atoms with Crippen LogP contribution in [0.1, 0.15) is 42.6 Å². The van der Waals surface area contributed by atoms with Gasteiger partial charge in [-0.05, 0) is 18.9 Å². The van der Waals surface area contributed by atoms with Crippen LogP contribution in [0.15, 0.2) is 23.6 Å². The van der Waals surface area contributed by atoms with Crippen LogP contribution in [0, 0.1) is 0 Å². The largest absolute Gasteiger partial charge is 0.337 e. The fourth-order valence-electron chi connectivity index (χ4n) is 2.78. The van der Waals surface area contributed by atoms with Gasteiger partial charge in [0.05, 0.1) is 10.0 Å². The normalized spacial score (nSPS) is 16.0. The number of aromatic nitrogens is 1. The lowest BCUT2D eigenvalue weighted by atomic mass is 10.1. The Kier molecular flexibility index (Phi) is 5.57. The second kappa shape index (κ2) is 7.65. The molecule has 1 saturated heterocycles. The average molecular weight is 369 g/mol. The van der Waals surface area contributed by atoms with Crippen LogP contribution in [-0.4, -0.2) is 28.9 Å². The Balaban J connectivity index is 1.80. The maximum atomic E-state index is 12.7. The smallest absolute Gasteiger partial charge is 0.273 e. The number of carbonyl (C=O) groups is 1. The number of hydrogen-bond acceptors (Lipinski definition) is 3. The maximum absolute atomic E-state index is 12.7. The van der Waals surface area contributed by atoms with Crippen molar-refractivity contribution >= 4 is 40.4 Å². The number of amides is 1. The molecule has 0 radical (unpaired) electrons. The van der Waals surface area contributed by atoms with Gasteiger partial charge in [-0.25, -0.2) is 4.98 Å². The van der Waals surface area contributed by atoms with Gasteiger partial charge in [0.1, 0.15) is 10.7 Å². The van der Waals surface area contributed by atoms with E-state index in [2.05, 4.69) is 4.98 Å². The van der Waals surface area contributed by atoms with Crippen LogP contribution in [0.4, 0.5) is 0 Å². The van der Waals surface area contributed by atoms with Crippen molar-refractivity contribution in [2.45, 2.75) is 32.1 Å². The Morgan fingerprint density at radius 1 is 1.09 bits per heavy atom. The number of nitrogens with zero attached hydrogens (tertiary/aromatic N) is 2. The highest BCUT2D eigenvalue weighted by atomic mass is 35.5. The van der Waals surface area contributed by atoms with Crippen molar-refractivity contribution in [2.75, 3.05) is 13.1 Å². The Hall–Kier alpha value is -1.10. The third-order valence-electron chi connectivity index (χ3n) is 4.05. The third kappa shape index (κ3) is 3.87. The molecule has 1 aliphatic heterocycles. The first-order chi connectivity index (χ1) is 11.2. The third-order valence-corrected chi connectivity index (χ3v) is 5.74. The Labute approximate surface area is 150 Å². The minimum absolute atomic E-state index is 0.0209. The molecular weight excluding hydrogens is 351 g/mol. The summed E-state index contributed by atoms with van der Waals surface area (Å²) in [7, 11) is 0. The van der Waals surface area contributed by atoms with E-state index in [9.17, 15) is 4.79 Å². The quantitative estimate of drug-likeness (QED) is 0.698. The van der Waals surface area contributed by atoms with Crippen molar-refractivity contribution in [1.29, 1.82) is 0 Å². The SMILES string of the molecule is O=C(c1csc(-c2cccc(Cl)c2Cl)n1)N1CCCCCCC1. The highest BCUT2D eigenvalue weighted by Gasteiger charge is 2.20. The summed E-state index contributed by atoms with van der Waals surface area (Å²) < 4.78 is 0. The molecular formula is C17H18Cl2N2OS. The molecule has 2 heterocycles. The van der Waals surface area contributed by atoms with Crippen molar-refractivity contribution in [1.82, 2.24) is 9.88 Å². The van der Waals surface area contributed by atoms with Crippen LogP contribution in [0.5, 0.6) is 0 Å². The van der Waals surface area contributed by atoms with Gasteiger partial charge in [-0.15, -0.1) is 11.3 Å². The number of likely N-dealkylation sites (tertiary alicyclic amines) is 1. The highest BCUT2D eigenvalue weighted by Crippen LogP contribution is 2.35. The lowest BCUT2D eigenvalue weighted by Gasteiger charge is -2.23. The molecule has 23 heavy (non-hydrogen) atoms. The molecule has 1 aromatic heterocycles. The predicted octanol–water partition coefficient (Wildman–Crippen LogP) is 5.52. The summed E-state index contributed by atoms with van der Waals surface area (Å²) in [5.74, 6) is 0.0209. The summed E-state index contributed by atoms with van der Waals surface area (Å²) in [4.78, 5) is 19.1. The molecule has 2 aromatic rings. The Bertz CT molecular complexity index is 694. The van der Waals surface area contributed by atoms with E-state index in [0.717, 1.165) is 36.5 Å². The predicted molar refractivity (Wildman–Crippen MR) is 96.6 cm³/mol. The van der Waals surface area contributed by atoms with Crippen molar-refractivity contribution in [3.63, 3.8) is 0 Å². The van der Waals surface area contributed by atoms with Crippen molar-refractivity contribution in [3.8, 4) is 10.6 Å². The first-order valence-corrected chi connectivity index (χ1v) is 9.49. The molecule has 3 rings (SSSR count). The molecule has 0 N–H and O–H groups in total. The highest BCUT2D eigenvalue weighted by molar-refractivity contribution is 7.13. The summed E-state index contributed by atoms with van der Waals surface area (Å²) >= 11 is 13.7. The topological polar surface area (TPSA) is 33.2 Å². The number of benzene rings is 1. The van der Waals surface area contributed by atoms with E-state index < -0.39 is 0 Å². The fourth-order valence-corrected chi connectivity index (χ4v) is 4.05. The van der Waals surface area contributed by atoms with Gasteiger partial charge in [0.25, 0.3) is 5.91 Å². The summed E-state index contributed by atoms with van der Waals surface area (Å²) in [6, 6.07) is 5.45. The lowest BCUT2D eigenvalue weighted by Crippen LogP contribution is -2.34. The molecule has 1 aliphatic rings. The van der Waals surface area contributed by atoms with Gasteiger partial charge in [-0.1, -0.05) is 54.6 Å². The molecule has 6 heteroatoms. The molecule has 0 saturated carbocycles. The van der Waals surface area contributed by atoms with Gasteiger partial charge in [0.2, 0.25) is 0 Å². The second-order valence-electron chi connectivity index (χ2n) is 5.70. The molecule has 0 aliphatic carbocycles. The number of halogens is 2. The van der Waals surface area contributed by atoms with Crippen LogP contribution in [-0.2, 0) is 0 Å². The standard InChI is InChI=1S/C17H18Cl2N2OS/c18-13-8-6-7-12(15(13)19)16-20-14(11-23-16)17(22)21-9-4-2-1-3-5-10-21/h6-8,11H,1-5,9-10H2. The molecule has 1 amide bonds. The van der Waals surface area contributed by atoms with E-state index in [1.54, 1.807) is 6.07 Å². The van der Waals surface area contributed by atoms with Crippen LogP contribution in [0.25, 0.3) is 10.6 Å². The van der Waals surface area contributed by atoms with Crippen LogP contribution >= 0.6 is 34.5 Å². The number of carbonyl (C=O) groups excluding carboxylic acids is 1. The molecule has 1 aromatic carbocycles. The molecule has 3 nitrogen and oxygen atoms in total. The first kappa shape index (κ1) is 16.7. The van der Waals surface area contributed by atoms with Crippen LogP contribution < -0.4 is 0 Å². The van der Waals surface area contributed by atoms with Gasteiger partial charge in [0.15, 0.2) is 0 Å². The summed E-state index contributed by atoms with van der Waals surface area (Å²) in [6.45, 7) is 1.65. The summed E-state index contributed by atoms with van der Waals surface area (Å²) in [5.41, 5.74) is 1.28. The summed E-state index contributed by atoms with van der Waals surface area (Å²) in [6.07, 6.45) is 5.82. The molecule has 0 atom stereocenters. The molecule has 0 unspecified atom stereocenters. The van der Waals surface area contributed by atoms with Gasteiger partial charge in [-0.3, -0.25) is 4.79 Å². The van der Waals surface area contributed by atoms with Crippen molar-refractivity contribution in [2.24, 2.45) is 0 Å². The van der Waals surface area contributed by atoms with Gasteiger partial charge in [0, 0.05) is 24.0 Å². The monoisotopic (exact) mass is 368 g/mol. The molecule has 1 fully saturated rings. The molecule has 0 bridgehead atoms.